The van der Waals surface area contributed by atoms with Crippen molar-refractivity contribution in [1.29, 1.82) is 0 Å². The number of para-hydroxylation sites is 1. The summed E-state index contributed by atoms with van der Waals surface area (Å²) in [5.74, 6) is -0.193. The molecule has 0 saturated carbocycles. The summed E-state index contributed by atoms with van der Waals surface area (Å²) < 4.78 is 0. The lowest BCUT2D eigenvalue weighted by molar-refractivity contribution is -0.121. The third-order valence-electron chi connectivity index (χ3n) is 5.56. The number of amides is 1. The van der Waals surface area contributed by atoms with E-state index in [4.69, 9.17) is 23.2 Å². The SMILES string of the molecule is CCc1cccc2c([C@@H](CC(=O)NCc3ccncc3)c3ccc(Cl)c(Cl)c3)c[nH]c12. The van der Waals surface area contributed by atoms with E-state index in [-0.39, 0.29) is 11.8 Å². The van der Waals surface area contributed by atoms with Gasteiger partial charge in [0.2, 0.25) is 5.91 Å². The van der Waals surface area contributed by atoms with Gasteiger partial charge in [-0.25, -0.2) is 0 Å². The maximum atomic E-state index is 12.9. The summed E-state index contributed by atoms with van der Waals surface area (Å²) in [6, 6.07) is 15.6. The van der Waals surface area contributed by atoms with Gasteiger partial charge in [0.05, 0.1) is 10.0 Å². The molecule has 0 aliphatic heterocycles. The molecule has 4 nitrogen and oxygen atoms in total. The normalized spacial score (nSPS) is 12.1. The van der Waals surface area contributed by atoms with Crippen LogP contribution in [0.15, 0.2) is 67.1 Å². The number of halogens is 2. The molecule has 0 unspecified atom stereocenters. The van der Waals surface area contributed by atoms with E-state index in [1.165, 1.54) is 5.56 Å². The van der Waals surface area contributed by atoms with Crippen molar-refractivity contribution in [2.75, 3.05) is 0 Å². The molecule has 0 bridgehead atoms. The quantitative estimate of drug-likeness (QED) is 0.347. The Morgan fingerprint density at radius 2 is 1.90 bits per heavy atom. The lowest BCUT2D eigenvalue weighted by atomic mass is 9.87. The van der Waals surface area contributed by atoms with Gasteiger partial charge in [0.15, 0.2) is 0 Å². The van der Waals surface area contributed by atoms with Crippen LogP contribution in [0.4, 0.5) is 0 Å². The number of fused-ring (bicyclic) bond motifs is 1. The van der Waals surface area contributed by atoms with Crippen molar-refractivity contribution in [2.45, 2.75) is 32.2 Å². The van der Waals surface area contributed by atoms with E-state index in [9.17, 15) is 4.79 Å². The van der Waals surface area contributed by atoms with Gasteiger partial charge in [-0.2, -0.15) is 0 Å². The van der Waals surface area contributed by atoms with Gasteiger partial charge < -0.3 is 10.3 Å². The highest BCUT2D eigenvalue weighted by Crippen LogP contribution is 2.36. The van der Waals surface area contributed by atoms with Crippen LogP contribution >= 0.6 is 23.2 Å². The van der Waals surface area contributed by atoms with E-state index >= 15 is 0 Å². The molecule has 0 radical (unpaired) electrons. The summed E-state index contributed by atoms with van der Waals surface area (Å²) in [6.07, 6.45) is 6.68. The minimum atomic E-state index is -0.159. The average molecular weight is 452 g/mol. The van der Waals surface area contributed by atoms with E-state index in [0.29, 0.717) is 23.0 Å². The molecule has 2 aromatic heterocycles. The van der Waals surface area contributed by atoms with Gasteiger partial charge >= 0.3 is 0 Å². The Kier molecular flexibility index (Phi) is 6.59. The molecular formula is C25H23Cl2N3O. The van der Waals surface area contributed by atoms with Crippen LogP contribution in [-0.2, 0) is 17.8 Å². The lowest BCUT2D eigenvalue weighted by Crippen LogP contribution is -2.25. The predicted octanol–water partition coefficient (Wildman–Crippen LogP) is 6.27. The zero-order valence-electron chi connectivity index (χ0n) is 17.2. The van der Waals surface area contributed by atoms with Gasteiger partial charge in [-0.05, 0) is 52.9 Å². The smallest absolute Gasteiger partial charge is 0.221 e. The first-order valence-electron chi connectivity index (χ1n) is 10.3. The minimum absolute atomic E-state index is 0.0334. The summed E-state index contributed by atoms with van der Waals surface area (Å²) in [5.41, 5.74) is 5.40. The van der Waals surface area contributed by atoms with Gasteiger partial charge in [0, 0.05) is 48.4 Å². The van der Waals surface area contributed by atoms with Gasteiger partial charge in [-0.3, -0.25) is 9.78 Å². The number of carbonyl (C=O) groups is 1. The lowest BCUT2D eigenvalue weighted by Gasteiger charge is -2.18. The number of nitrogens with zero attached hydrogens (tertiary/aromatic N) is 1. The highest BCUT2D eigenvalue weighted by molar-refractivity contribution is 6.42. The third kappa shape index (κ3) is 4.76. The molecule has 4 aromatic rings. The number of H-pyrrole nitrogens is 1. The first-order chi connectivity index (χ1) is 15.1. The Morgan fingerprint density at radius 1 is 1.10 bits per heavy atom. The number of carbonyl (C=O) groups excluding carboxylic acids is 1. The van der Waals surface area contributed by atoms with Gasteiger partial charge in [-0.1, -0.05) is 54.4 Å². The molecule has 31 heavy (non-hydrogen) atoms. The largest absolute Gasteiger partial charge is 0.361 e. The summed E-state index contributed by atoms with van der Waals surface area (Å²) >= 11 is 12.5. The van der Waals surface area contributed by atoms with Crippen LogP contribution in [0.25, 0.3) is 10.9 Å². The zero-order chi connectivity index (χ0) is 21.8. The van der Waals surface area contributed by atoms with Crippen LogP contribution in [0.2, 0.25) is 10.0 Å². The van der Waals surface area contributed by atoms with Gasteiger partial charge in [0.1, 0.15) is 0 Å². The molecule has 1 amide bonds. The second-order valence-corrected chi connectivity index (χ2v) is 8.31. The first-order valence-corrected chi connectivity index (χ1v) is 11.0. The standard InChI is InChI=1S/C25H23Cl2N3O/c1-2-17-4-3-5-19-21(15-30-25(17)19)20(18-6-7-22(26)23(27)12-18)13-24(31)29-14-16-8-10-28-11-9-16/h3-12,15,20,30H,2,13-14H2,1H3,(H,29,31)/t20-/m0/s1. The third-order valence-corrected chi connectivity index (χ3v) is 6.30. The molecule has 0 aliphatic carbocycles. The van der Waals surface area contributed by atoms with Crippen molar-refractivity contribution in [1.82, 2.24) is 15.3 Å². The average Bonchev–Trinajstić information content (AvgIpc) is 3.23. The minimum Gasteiger partial charge on any atom is -0.361 e. The van der Waals surface area contributed by atoms with Crippen LogP contribution in [0, 0.1) is 0 Å². The molecule has 4 rings (SSSR count). The molecule has 2 aromatic carbocycles. The van der Waals surface area contributed by atoms with Crippen molar-refractivity contribution < 1.29 is 4.79 Å². The van der Waals surface area contributed by atoms with Crippen LogP contribution in [0.5, 0.6) is 0 Å². The molecule has 6 heteroatoms. The fourth-order valence-corrected chi connectivity index (χ4v) is 4.22. The summed E-state index contributed by atoms with van der Waals surface area (Å²) in [5, 5.41) is 5.12. The van der Waals surface area contributed by atoms with Crippen molar-refractivity contribution in [3.63, 3.8) is 0 Å². The number of benzene rings is 2. The number of rotatable bonds is 7. The number of hydrogen-bond acceptors (Lipinski definition) is 2. The number of pyridine rings is 1. The summed E-state index contributed by atoms with van der Waals surface area (Å²) in [6.45, 7) is 2.60. The van der Waals surface area contributed by atoms with E-state index in [2.05, 4.69) is 40.4 Å². The van der Waals surface area contributed by atoms with E-state index in [1.54, 1.807) is 18.5 Å². The number of hydrogen-bond donors (Lipinski definition) is 2. The fourth-order valence-electron chi connectivity index (χ4n) is 3.92. The Bertz CT molecular complexity index is 1200. The highest BCUT2D eigenvalue weighted by atomic mass is 35.5. The van der Waals surface area contributed by atoms with Gasteiger partial charge in [0.25, 0.3) is 0 Å². The molecule has 0 spiro atoms. The molecule has 2 N–H and O–H groups in total. The van der Waals surface area contributed by atoms with Crippen LogP contribution in [-0.4, -0.2) is 15.9 Å². The second-order valence-electron chi connectivity index (χ2n) is 7.50. The Hall–Kier alpha value is -2.82. The first kappa shape index (κ1) is 21.4. The van der Waals surface area contributed by atoms with E-state index in [0.717, 1.165) is 34.0 Å². The van der Waals surface area contributed by atoms with Crippen LogP contribution in [0.3, 0.4) is 0 Å². The van der Waals surface area contributed by atoms with Crippen molar-refractivity contribution in [3.8, 4) is 0 Å². The maximum absolute atomic E-state index is 12.9. The fraction of sp³-hybridized carbons (Fsp3) is 0.200. The Labute approximate surface area is 191 Å². The zero-order valence-corrected chi connectivity index (χ0v) is 18.7. The number of aromatic nitrogens is 2. The van der Waals surface area contributed by atoms with Crippen molar-refractivity contribution >= 4 is 40.0 Å². The molecule has 0 fully saturated rings. The second kappa shape index (κ2) is 9.54. The molecule has 2 heterocycles. The van der Waals surface area contributed by atoms with E-state index in [1.807, 2.05) is 30.5 Å². The molecular weight excluding hydrogens is 429 g/mol. The molecule has 0 saturated heterocycles. The number of aromatic amines is 1. The monoisotopic (exact) mass is 451 g/mol. The van der Waals surface area contributed by atoms with E-state index < -0.39 is 0 Å². The van der Waals surface area contributed by atoms with Gasteiger partial charge in [-0.15, -0.1) is 0 Å². The Balaban J connectivity index is 1.67. The molecule has 158 valence electrons. The number of aryl methyl sites for hydroxylation is 1. The summed E-state index contributed by atoms with van der Waals surface area (Å²) in [7, 11) is 0. The van der Waals surface area contributed by atoms with Crippen molar-refractivity contribution in [2.24, 2.45) is 0 Å². The van der Waals surface area contributed by atoms with Crippen molar-refractivity contribution in [3.05, 3.63) is 99.4 Å². The van der Waals surface area contributed by atoms with Crippen LogP contribution < -0.4 is 5.32 Å². The number of nitrogens with one attached hydrogen (secondary N) is 2. The Morgan fingerprint density at radius 3 is 2.65 bits per heavy atom. The topological polar surface area (TPSA) is 57.8 Å². The highest BCUT2D eigenvalue weighted by Gasteiger charge is 2.22. The summed E-state index contributed by atoms with van der Waals surface area (Å²) in [4.78, 5) is 20.3. The molecule has 1 atom stereocenters. The van der Waals surface area contributed by atoms with Crippen LogP contribution in [0.1, 0.15) is 41.5 Å². The molecule has 0 aliphatic rings. The predicted molar refractivity (Wildman–Crippen MR) is 127 cm³/mol. The maximum Gasteiger partial charge on any atom is 0.221 e.